The van der Waals surface area contributed by atoms with Crippen molar-refractivity contribution in [3.05, 3.63) is 0 Å². The summed E-state index contributed by atoms with van der Waals surface area (Å²) in [6.45, 7) is 1.26. The number of rotatable bonds is 3. The molecule has 0 rings (SSSR count). The maximum absolute atomic E-state index is 10.3. The van der Waals surface area contributed by atoms with Crippen molar-refractivity contribution in [2.24, 2.45) is 0 Å². The summed E-state index contributed by atoms with van der Waals surface area (Å²) in [5.74, 6) is -1.32. The summed E-state index contributed by atoms with van der Waals surface area (Å²) in [7, 11) is 0. The lowest BCUT2D eigenvalue weighted by atomic mass is 10.3. The molecule has 2 N–H and O–H groups in total. The Labute approximate surface area is 86.3 Å². The Morgan fingerprint density at radius 2 is 2.09 bits per heavy atom. The van der Waals surface area contributed by atoms with Crippen LogP contribution in [0, 0.1) is 0 Å². The standard InChI is InChI=1S/C5H9NO3S.Mg.2H/c1-3(7)6-4(2-10)5(8)9;;;/h4,10H,2H2,1H3,(H,6,7)(H,8,9);;;. The van der Waals surface area contributed by atoms with E-state index in [4.69, 9.17) is 5.11 Å². The molecular formula is C5H11MgNO3S. The largest absolute Gasteiger partial charge is 0.480 e. The Morgan fingerprint density at radius 3 is 2.18 bits per heavy atom. The van der Waals surface area contributed by atoms with Gasteiger partial charge in [-0.1, -0.05) is 0 Å². The molecule has 0 aliphatic heterocycles. The molecule has 4 nitrogen and oxygen atoms in total. The highest BCUT2D eigenvalue weighted by atomic mass is 32.1. The second-order valence-corrected chi connectivity index (χ2v) is 2.14. The second kappa shape index (κ2) is 6.75. The molecule has 0 saturated heterocycles. The zero-order valence-electron chi connectivity index (χ0n) is 5.50. The molecule has 6 heteroatoms. The molecule has 0 heterocycles. The van der Waals surface area contributed by atoms with Gasteiger partial charge in [0.05, 0.1) is 0 Å². The number of carboxylic acids is 1. The van der Waals surface area contributed by atoms with E-state index in [0.717, 1.165) is 0 Å². The molecule has 0 aromatic carbocycles. The van der Waals surface area contributed by atoms with E-state index in [1.807, 2.05) is 0 Å². The number of amides is 1. The number of aliphatic carboxylic acids is 1. The summed E-state index contributed by atoms with van der Waals surface area (Å²) in [5.41, 5.74) is 0. The Kier molecular flexibility index (Phi) is 8.36. The number of carboxylic acid groups (broad SMARTS) is 1. The summed E-state index contributed by atoms with van der Waals surface area (Å²) < 4.78 is 0. The molecule has 0 aromatic heterocycles. The van der Waals surface area contributed by atoms with Gasteiger partial charge in [0.2, 0.25) is 5.91 Å². The summed E-state index contributed by atoms with van der Waals surface area (Å²) in [5, 5.41) is 10.6. The molecule has 62 valence electrons. The van der Waals surface area contributed by atoms with Crippen LogP contribution in [0.2, 0.25) is 0 Å². The van der Waals surface area contributed by atoms with E-state index in [2.05, 4.69) is 17.9 Å². The van der Waals surface area contributed by atoms with Gasteiger partial charge in [0.1, 0.15) is 6.04 Å². The van der Waals surface area contributed by atoms with Crippen LogP contribution in [0.4, 0.5) is 0 Å². The molecule has 0 aliphatic carbocycles. The minimum Gasteiger partial charge on any atom is -0.480 e. The predicted octanol–water partition coefficient (Wildman–Crippen LogP) is -1.41. The van der Waals surface area contributed by atoms with Crippen molar-refractivity contribution in [3.8, 4) is 0 Å². The van der Waals surface area contributed by atoms with Crippen molar-refractivity contribution >= 4 is 47.6 Å². The average Bonchev–Trinajstić information content (AvgIpc) is 1.81. The van der Waals surface area contributed by atoms with E-state index >= 15 is 0 Å². The van der Waals surface area contributed by atoms with Crippen LogP contribution in [-0.4, -0.2) is 51.8 Å². The Hall–Kier alpha value is 0.0562. The van der Waals surface area contributed by atoms with E-state index < -0.39 is 12.0 Å². The van der Waals surface area contributed by atoms with Gasteiger partial charge in [0.25, 0.3) is 0 Å². The Morgan fingerprint density at radius 1 is 1.64 bits per heavy atom. The molecule has 1 unspecified atom stereocenters. The summed E-state index contributed by atoms with van der Waals surface area (Å²) >= 11 is 3.73. The molecular weight excluding hydrogens is 178 g/mol. The molecule has 0 spiro atoms. The molecule has 0 aliphatic rings. The van der Waals surface area contributed by atoms with Gasteiger partial charge >= 0.3 is 29.0 Å². The normalized spacial score (nSPS) is 11.1. The van der Waals surface area contributed by atoms with Crippen LogP contribution in [0.3, 0.4) is 0 Å². The van der Waals surface area contributed by atoms with Crippen molar-refractivity contribution in [1.29, 1.82) is 0 Å². The van der Waals surface area contributed by atoms with Gasteiger partial charge in [0, 0.05) is 12.7 Å². The van der Waals surface area contributed by atoms with Crippen LogP contribution in [0.1, 0.15) is 6.92 Å². The third kappa shape index (κ3) is 6.45. The fraction of sp³-hybridized carbons (Fsp3) is 0.600. The average molecular weight is 190 g/mol. The van der Waals surface area contributed by atoms with E-state index in [1.165, 1.54) is 6.92 Å². The number of thiol groups is 1. The highest BCUT2D eigenvalue weighted by molar-refractivity contribution is 7.80. The van der Waals surface area contributed by atoms with Crippen molar-refractivity contribution in [1.82, 2.24) is 5.32 Å². The lowest BCUT2D eigenvalue weighted by Crippen LogP contribution is -2.40. The summed E-state index contributed by atoms with van der Waals surface area (Å²) in [6.07, 6.45) is 0. The molecule has 11 heavy (non-hydrogen) atoms. The third-order valence-corrected chi connectivity index (χ3v) is 1.22. The van der Waals surface area contributed by atoms with Crippen LogP contribution < -0.4 is 5.32 Å². The lowest BCUT2D eigenvalue weighted by Gasteiger charge is -2.08. The third-order valence-electron chi connectivity index (χ3n) is 0.858. The number of hydrogen-bond donors (Lipinski definition) is 3. The molecule has 0 bridgehead atoms. The van der Waals surface area contributed by atoms with Gasteiger partial charge in [0.15, 0.2) is 0 Å². The fourth-order valence-electron chi connectivity index (χ4n) is 0.431. The van der Waals surface area contributed by atoms with Gasteiger partial charge in [-0.2, -0.15) is 12.6 Å². The topological polar surface area (TPSA) is 66.4 Å². The van der Waals surface area contributed by atoms with Crippen molar-refractivity contribution in [2.75, 3.05) is 5.75 Å². The van der Waals surface area contributed by atoms with Gasteiger partial charge in [-0.3, -0.25) is 4.79 Å². The zero-order chi connectivity index (χ0) is 8.15. The van der Waals surface area contributed by atoms with Crippen molar-refractivity contribution in [2.45, 2.75) is 13.0 Å². The van der Waals surface area contributed by atoms with E-state index in [0.29, 0.717) is 0 Å². The van der Waals surface area contributed by atoms with Gasteiger partial charge < -0.3 is 10.4 Å². The Bertz CT molecular complexity index is 153. The first-order chi connectivity index (χ1) is 4.57. The SMILES string of the molecule is CC(=O)NC(CS)C(=O)O.[MgH2]. The molecule has 1 amide bonds. The monoisotopic (exact) mass is 189 g/mol. The number of carbonyl (C=O) groups excluding carboxylic acids is 1. The Balaban J connectivity index is 0. The predicted molar refractivity (Wildman–Crippen MR) is 47.6 cm³/mol. The lowest BCUT2D eigenvalue weighted by molar-refractivity contribution is -0.140. The van der Waals surface area contributed by atoms with Crippen LogP contribution in [-0.2, 0) is 9.59 Å². The van der Waals surface area contributed by atoms with E-state index in [1.54, 1.807) is 0 Å². The maximum Gasteiger partial charge on any atom is 0.327 e. The van der Waals surface area contributed by atoms with Gasteiger partial charge in [-0.05, 0) is 0 Å². The highest BCUT2D eigenvalue weighted by Crippen LogP contribution is 1.86. The van der Waals surface area contributed by atoms with Gasteiger partial charge in [-0.15, -0.1) is 0 Å². The van der Waals surface area contributed by atoms with Crippen LogP contribution in [0.25, 0.3) is 0 Å². The van der Waals surface area contributed by atoms with E-state index in [-0.39, 0.29) is 34.7 Å². The molecule has 1 atom stereocenters. The quantitative estimate of drug-likeness (QED) is 0.378. The second-order valence-electron chi connectivity index (χ2n) is 1.77. The molecule has 0 saturated carbocycles. The first kappa shape index (κ1) is 13.6. The number of nitrogens with one attached hydrogen (secondary N) is 1. The molecule has 0 fully saturated rings. The van der Waals surface area contributed by atoms with Crippen molar-refractivity contribution in [3.63, 3.8) is 0 Å². The molecule has 0 aromatic rings. The van der Waals surface area contributed by atoms with Crippen LogP contribution >= 0.6 is 12.6 Å². The van der Waals surface area contributed by atoms with Crippen LogP contribution in [0.5, 0.6) is 0 Å². The highest BCUT2D eigenvalue weighted by Gasteiger charge is 2.14. The molecule has 0 radical (unpaired) electrons. The minimum absolute atomic E-state index is 0. The minimum atomic E-state index is -1.06. The van der Waals surface area contributed by atoms with Crippen molar-refractivity contribution < 1.29 is 14.7 Å². The first-order valence-electron chi connectivity index (χ1n) is 2.68. The first-order valence-corrected chi connectivity index (χ1v) is 3.32. The summed E-state index contributed by atoms with van der Waals surface area (Å²) in [6, 6.07) is -0.874. The maximum atomic E-state index is 10.3. The smallest absolute Gasteiger partial charge is 0.327 e. The van der Waals surface area contributed by atoms with Gasteiger partial charge in [-0.25, -0.2) is 4.79 Å². The number of hydrogen-bond acceptors (Lipinski definition) is 3. The van der Waals surface area contributed by atoms with E-state index in [9.17, 15) is 9.59 Å². The fourth-order valence-corrected chi connectivity index (χ4v) is 0.678. The number of carbonyl (C=O) groups is 2. The summed E-state index contributed by atoms with van der Waals surface area (Å²) in [4.78, 5) is 20.5. The van der Waals surface area contributed by atoms with Crippen LogP contribution in [0.15, 0.2) is 0 Å². The zero-order valence-corrected chi connectivity index (χ0v) is 6.39.